The van der Waals surface area contributed by atoms with Gasteiger partial charge in [0.25, 0.3) is 0 Å². The van der Waals surface area contributed by atoms with Crippen LogP contribution >= 0.6 is 22.7 Å². The van der Waals surface area contributed by atoms with Crippen LogP contribution in [0.3, 0.4) is 0 Å². The summed E-state index contributed by atoms with van der Waals surface area (Å²) in [6, 6.07) is 0. The summed E-state index contributed by atoms with van der Waals surface area (Å²) in [4.78, 5) is 33.4. The van der Waals surface area contributed by atoms with E-state index in [4.69, 9.17) is 0 Å². The lowest BCUT2D eigenvalue weighted by atomic mass is 9.80. The molecular weight excluding hydrogens is 344 g/mol. The first kappa shape index (κ1) is 17.0. The van der Waals surface area contributed by atoms with Crippen molar-refractivity contribution < 1.29 is 9.59 Å². The number of carbonyl (C=O) groups is 2. The summed E-state index contributed by atoms with van der Waals surface area (Å²) < 4.78 is 0. The van der Waals surface area contributed by atoms with E-state index in [1.807, 2.05) is 24.6 Å². The zero-order chi connectivity index (χ0) is 17.1. The summed E-state index contributed by atoms with van der Waals surface area (Å²) in [6.45, 7) is 3.79. The lowest BCUT2D eigenvalue weighted by Crippen LogP contribution is -2.33. The molecule has 2 aromatic rings. The Morgan fingerprint density at radius 3 is 1.79 bits per heavy atom. The van der Waals surface area contributed by atoms with E-state index in [1.54, 1.807) is 0 Å². The van der Waals surface area contributed by atoms with Crippen LogP contribution in [0.15, 0.2) is 10.8 Å². The number of nitrogens with zero attached hydrogens (tertiary/aromatic N) is 2. The third kappa shape index (κ3) is 4.18. The predicted octanol–water partition coefficient (Wildman–Crippen LogP) is 3.60. The standard InChI is InChI=1S/C16H20N4O2S2/c1-9-7-23-15(17-9)19-13(21)11-4-3-5-12(6-11)14(22)20-16-18-10(2)8-24-16/h7-8,11-12H,3-6H2,1-2H3,(H,17,19,21)(H,18,20,22)/t11-,12-/m1/s1. The molecule has 6 nitrogen and oxygen atoms in total. The molecule has 0 saturated heterocycles. The minimum absolute atomic E-state index is 0.0352. The van der Waals surface area contributed by atoms with Crippen LogP contribution in [0.25, 0.3) is 0 Å². The van der Waals surface area contributed by atoms with Gasteiger partial charge in [0.05, 0.1) is 11.4 Å². The average Bonchev–Trinajstić information content (AvgIpc) is 3.15. The predicted molar refractivity (Wildman–Crippen MR) is 96.4 cm³/mol. The Labute approximate surface area is 148 Å². The molecule has 2 aromatic heterocycles. The van der Waals surface area contributed by atoms with Crippen molar-refractivity contribution in [1.82, 2.24) is 9.97 Å². The van der Waals surface area contributed by atoms with Gasteiger partial charge in [0.15, 0.2) is 10.3 Å². The number of rotatable bonds is 4. The molecule has 24 heavy (non-hydrogen) atoms. The van der Waals surface area contributed by atoms with Crippen LogP contribution in [0.1, 0.15) is 37.1 Å². The normalized spacial score (nSPS) is 20.6. The van der Waals surface area contributed by atoms with Crippen LogP contribution in [0.4, 0.5) is 10.3 Å². The second-order valence-corrected chi connectivity index (χ2v) is 7.84. The maximum Gasteiger partial charge on any atom is 0.229 e. The van der Waals surface area contributed by atoms with Gasteiger partial charge < -0.3 is 10.6 Å². The monoisotopic (exact) mass is 364 g/mol. The van der Waals surface area contributed by atoms with E-state index >= 15 is 0 Å². The highest BCUT2D eigenvalue weighted by Gasteiger charge is 2.31. The van der Waals surface area contributed by atoms with Crippen molar-refractivity contribution in [3.8, 4) is 0 Å². The molecule has 1 aliphatic carbocycles. The van der Waals surface area contributed by atoms with E-state index in [9.17, 15) is 9.59 Å². The topological polar surface area (TPSA) is 84.0 Å². The van der Waals surface area contributed by atoms with E-state index in [1.165, 1.54) is 22.7 Å². The highest BCUT2D eigenvalue weighted by molar-refractivity contribution is 7.14. The quantitative estimate of drug-likeness (QED) is 0.868. The van der Waals surface area contributed by atoms with E-state index < -0.39 is 0 Å². The summed E-state index contributed by atoms with van der Waals surface area (Å²) in [6.07, 6.45) is 3.09. The van der Waals surface area contributed by atoms with Gasteiger partial charge in [-0.25, -0.2) is 9.97 Å². The first-order valence-electron chi connectivity index (χ1n) is 7.97. The molecule has 2 amide bonds. The second-order valence-electron chi connectivity index (χ2n) is 6.13. The molecular formula is C16H20N4O2S2. The molecule has 2 N–H and O–H groups in total. The first-order valence-corrected chi connectivity index (χ1v) is 9.73. The van der Waals surface area contributed by atoms with Gasteiger partial charge in [-0.15, -0.1) is 22.7 Å². The number of hydrogen-bond donors (Lipinski definition) is 2. The van der Waals surface area contributed by atoms with Crippen LogP contribution in [-0.2, 0) is 9.59 Å². The summed E-state index contributed by atoms with van der Waals surface area (Å²) in [7, 11) is 0. The zero-order valence-corrected chi connectivity index (χ0v) is 15.3. The number of aryl methyl sites for hydroxylation is 2. The molecule has 0 aromatic carbocycles. The average molecular weight is 364 g/mol. The Hall–Kier alpha value is -1.80. The summed E-state index contributed by atoms with van der Waals surface area (Å²) in [5, 5.41) is 10.8. The van der Waals surface area contributed by atoms with Gasteiger partial charge in [-0.1, -0.05) is 6.42 Å². The molecule has 0 unspecified atom stereocenters. The van der Waals surface area contributed by atoms with Gasteiger partial charge in [-0.2, -0.15) is 0 Å². The molecule has 3 rings (SSSR count). The Balaban J connectivity index is 1.57. The van der Waals surface area contributed by atoms with Crippen LogP contribution in [0.5, 0.6) is 0 Å². The number of hydrogen-bond acceptors (Lipinski definition) is 6. The van der Waals surface area contributed by atoms with Gasteiger partial charge >= 0.3 is 0 Å². The third-order valence-electron chi connectivity index (χ3n) is 4.11. The third-order valence-corrected chi connectivity index (χ3v) is 5.87. The van der Waals surface area contributed by atoms with Crippen LogP contribution in [0, 0.1) is 25.7 Å². The first-order chi connectivity index (χ1) is 11.5. The lowest BCUT2D eigenvalue weighted by molar-refractivity contribution is -0.124. The largest absolute Gasteiger partial charge is 0.302 e. The Kier molecular flexibility index (Phi) is 5.25. The number of carbonyl (C=O) groups excluding carboxylic acids is 2. The molecule has 2 heterocycles. The van der Waals surface area contributed by atoms with Gasteiger partial charge in [0, 0.05) is 22.6 Å². The minimum Gasteiger partial charge on any atom is -0.302 e. The van der Waals surface area contributed by atoms with E-state index in [2.05, 4.69) is 20.6 Å². The van der Waals surface area contributed by atoms with Gasteiger partial charge in [0.1, 0.15) is 0 Å². The Morgan fingerprint density at radius 1 is 0.958 bits per heavy atom. The number of thiazole rings is 2. The molecule has 128 valence electrons. The van der Waals surface area contributed by atoms with Crippen LogP contribution in [0.2, 0.25) is 0 Å². The second kappa shape index (κ2) is 7.40. The van der Waals surface area contributed by atoms with Crippen molar-refractivity contribution in [2.24, 2.45) is 11.8 Å². The van der Waals surface area contributed by atoms with E-state index in [-0.39, 0.29) is 23.7 Å². The highest BCUT2D eigenvalue weighted by Crippen LogP contribution is 2.31. The summed E-state index contributed by atoms with van der Waals surface area (Å²) >= 11 is 2.85. The molecule has 0 aliphatic heterocycles. The van der Waals surface area contributed by atoms with Gasteiger partial charge in [0.2, 0.25) is 11.8 Å². The maximum absolute atomic E-state index is 12.4. The van der Waals surface area contributed by atoms with Crippen molar-refractivity contribution in [3.63, 3.8) is 0 Å². The number of amides is 2. The molecule has 0 radical (unpaired) electrons. The Bertz CT molecular complexity index is 680. The van der Waals surface area contributed by atoms with Gasteiger partial charge in [-0.3, -0.25) is 9.59 Å². The maximum atomic E-state index is 12.4. The number of anilines is 2. The molecule has 8 heteroatoms. The summed E-state index contributed by atoms with van der Waals surface area (Å²) in [5.74, 6) is -0.354. The molecule has 1 fully saturated rings. The van der Waals surface area contributed by atoms with Crippen molar-refractivity contribution in [2.45, 2.75) is 39.5 Å². The van der Waals surface area contributed by atoms with E-state index in [0.29, 0.717) is 16.7 Å². The molecule has 2 atom stereocenters. The van der Waals surface area contributed by atoms with Crippen molar-refractivity contribution in [3.05, 3.63) is 22.1 Å². The van der Waals surface area contributed by atoms with Gasteiger partial charge in [-0.05, 0) is 33.1 Å². The van der Waals surface area contributed by atoms with Crippen molar-refractivity contribution in [2.75, 3.05) is 10.6 Å². The number of nitrogens with one attached hydrogen (secondary N) is 2. The van der Waals surface area contributed by atoms with Crippen molar-refractivity contribution >= 4 is 44.8 Å². The number of aromatic nitrogens is 2. The fourth-order valence-corrected chi connectivity index (χ4v) is 4.29. The molecule has 0 bridgehead atoms. The molecule has 1 aliphatic rings. The van der Waals surface area contributed by atoms with E-state index in [0.717, 1.165) is 30.7 Å². The molecule has 0 spiro atoms. The Morgan fingerprint density at radius 2 is 1.42 bits per heavy atom. The minimum atomic E-state index is -0.142. The SMILES string of the molecule is Cc1csc(NC(=O)[C@@H]2CCC[C@@H](C(=O)Nc3nc(C)cs3)C2)n1. The molecule has 1 saturated carbocycles. The van der Waals surface area contributed by atoms with Crippen LogP contribution < -0.4 is 10.6 Å². The highest BCUT2D eigenvalue weighted by atomic mass is 32.1. The fourth-order valence-electron chi connectivity index (χ4n) is 2.90. The lowest BCUT2D eigenvalue weighted by Gasteiger charge is -2.27. The van der Waals surface area contributed by atoms with Crippen molar-refractivity contribution in [1.29, 1.82) is 0 Å². The van der Waals surface area contributed by atoms with Crippen LogP contribution in [-0.4, -0.2) is 21.8 Å². The fraction of sp³-hybridized carbons (Fsp3) is 0.500. The smallest absolute Gasteiger partial charge is 0.229 e. The zero-order valence-electron chi connectivity index (χ0n) is 13.7. The summed E-state index contributed by atoms with van der Waals surface area (Å²) in [5.41, 5.74) is 1.80.